The Morgan fingerprint density at radius 3 is 2.94 bits per heavy atom. The monoisotopic (exact) mass is 221 g/mol. The van der Waals surface area contributed by atoms with E-state index >= 15 is 0 Å². The second-order valence-corrected chi connectivity index (χ2v) is 3.11. The highest BCUT2D eigenvalue weighted by Crippen LogP contribution is 2.22. The quantitative estimate of drug-likeness (QED) is 0.744. The molecule has 0 saturated carbocycles. The molecule has 1 amide bonds. The molecule has 0 aromatic heterocycles. The molecule has 0 saturated heterocycles. The molecular formula is C12H15NO3. The lowest BCUT2D eigenvalue weighted by Crippen LogP contribution is -2.08. The van der Waals surface area contributed by atoms with E-state index in [0.717, 1.165) is 0 Å². The molecular weight excluding hydrogens is 206 g/mol. The van der Waals surface area contributed by atoms with Gasteiger partial charge in [-0.25, -0.2) is 0 Å². The molecule has 0 aliphatic carbocycles. The predicted octanol–water partition coefficient (Wildman–Crippen LogP) is 1.70. The van der Waals surface area contributed by atoms with Crippen LogP contribution in [0.15, 0.2) is 30.9 Å². The largest absolute Gasteiger partial charge is 0.494 e. The van der Waals surface area contributed by atoms with Gasteiger partial charge < -0.3 is 15.2 Å². The van der Waals surface area contributed by atoms with E-state index in [-0.39, 0.29) is 12.5 Å². The number of carbonyl (C=O) groups excluding carboxylic acids is 1. The predicted molar refractivity (Wildman–Crippen MR) is 62.4 cm³/mol. The van der Waals surface area contributed by atoms with Crippen LogP contribution < -0.4 is 10.1 Å². The maximum Gasteiger partial charge on any atom is 0.247 e. The SMILES string of the molecule is C=CC(=O)Nc1ccc(OCC)c(CO)c1. The summed E-state index contributed by atoms with van der Waals surface area (Å²) < 4.78 is 5.32. The maximum atomic E-state index is 11.1. The van der Waals surface area contributed by atoms with Gasteiger partial charge in [0.15, 0.2) is 0 Å². The Bertz CT molecular complexity index is 388. The average molecular weight is 221 g/mol. The summed E-state index contributed by atoms with van der Waals surface area (Å²) in [6.45, 7) is 5.63. The van der Waals surface area contributed by atoms with Crippen LogP contribution in [0.4, 0.5) is 5.69 Å². The number of anilines is 1. The van der Waals surface area contributed by atoms with Crippen LogP contribution in [-0.4, -0.2) is 17.6 Å². The van der Waals surface area contributed by atoms with Crippen LogP contribution in [0.5, 0.6) is 5.75 Å². The molecule has 0 radical (unpaired) electrons. The van der Waals surface area contributed by atoms with Gasteiger partial charge in [0.1, 0.15) is 5.75 Å². The lowest BCUT2D eigenvalue weighted by molar-refractivity contribution is -0.111. The molecule has 4 nitrogen and oxygen atoms in total. The summed E-state index contributed by atoms with van der Waals surface area (Å²) in [5.74, 6) is 0.342. The fourth-order valence-electron chi connectivity index (χ4n) is 1.27. The molecule has 1 aromatic rings. The Labute approximate surface area is 94.6 Å². The molecule has 1 rings (SSSR count). The summed E-state index contributed by atoms with van der Waals surface area (Å²) in [4.78, 5) is 11.1. The molecule has 4 heteroatoms. The summed E-state index contributed by atoms with van der Waals surface area (Å²) >= 11 is 0. The van der Waals surface area contributed by atoms with Gasteiger partial charge in [-0.2, -0.15) is 0 Å². The lowest BCUT2D eigenvalue weighted by Gasteiger charge is -2.10. The molecule has 0 unspecified atom stereocenters. The van der Waals surface area contributed by atoms with Gasteiger partial charge in [0.25, 0.3) is 0 Å². The number of hydrogen-bond donors (Lipinski definition) is 2. The third-order valence-electron chi connectivity index (χ3n) is 1.98. The molecule has 0 heterocycles. The van der Waals surface area contributed by atoms with Crippen LogP contribution in [0.25, 0.3) is 0 Å². The van der Waals surface area contributed by atoms with E-state index in [2.05, 4.69) is 11.9 Å². The molecule has 0 aliphatic heterocycles. The lowest BCUT2D eigenvalue weighted by atomic mass is 10.2. The highest BCUT2D eigenvalue weighted by atomic mass is 16.5. The van der Waals surface area contributed by atoms with Crippen LogP contribution >= 0.6 is 0 Å². The standard InChI is InChI=1S/C12H15NO3/c1-3-12(15)13-10-5-6-11(16-4-2)9(7-10)8-14/h3,5-7,14H,1,4,8H2,2H3,(H,13,15). The zero-order valence-corrected chi connectivity index (χ0v) is 9.19. The molecule has 0 aliphatic rings. The molecule has 0 atom stereocenters. The number of hydrogen-bond acceptors (Lipinski definition) is 3. The van der Waals surface area contributed by atoms with Gasteiger partial charge in [-0.1, -0.05) is 6.58 Å². The van der Waals surface area contributed by atoms with Gasteiger partial charge in [-0.15, -0.1) is 0 Å². The molecule has 2 N–H and O–H groups in total. The van der Waals surface area contributed by atoms with Crippen molar-refractivity contribution in [3.63, 3.8) is 0 Å². The summed E-state index contributed by atoms with van der Waals surface area (Å²) in [7, 11) is 0. The summed E-state index contributed by atoms with van der Waals surface area (Å²) in [6.07, 6.45) is 1.19. The molecule has 0 bridgehead atoms. The van der Waals surface area contributed by atoms with Crippen LogP contribution in [0.3, 0.4) is 0 Å². The van der Waals surface area contributed by atoms with Crippen molar-refractivity contribution in [3.05, 3.63) is 36.4 Å². The molecule has 1 aromatic carbocycles. The van der Waals surface area contributed by atoms with Crippen LogP contribution in [-0.2, 0) is 11.4 Å². The van der Waals surface area contributed by atoms with Gasteiger partial charge >= 0.3 is 0 Å². The normalized spacial score (nSPS) is 9.62. The minimum atomic E-state index is -0.284. The first kappa shape index (κ1) is 12.3. The maximum absolute atomic E-state index is 11.1. The zero-order valence-electron chi connectivity index (χ0n) is 9.19. The van der Waals surface area contributed by atoms with Gasteiger partial charge in [-0.05, 0) is 31.2 Å². The Balaban J connectivity index is 2.90. The van der Waals surface area contributed by atoms with Crippen molar-refractivity contribution in [1.82, 2.24) is 0 Å². The average Bonchev–Trinajstić information content (AvgIpc) is 2.31. The van der Waals surface area contributed by atoms with Crippen molar-refractivity contribution in [2.24, 2.45) is 0 Å². The summed E-state index contributed by atoms with van der Waals surface area (Å²) in [6, 6.07) is 5.10. The van der Waals surface area contributed by atoms with Crippen molar-refractivity contribution in [2.45, 2.75) is 13.5 Å². The number of ether oxygens (including phenoxy) is 1. The number of amides is 1. The molecule has 16 heavy (non-hydrogen) atoms. The number of aliphatic hydroxyl groups excluding tert-OH is 1. The van der Waals surface area contributed by atoms with E-state index in [4.69, 9.17) is 9.84 Å². The van der Waals surface area contributed by atoms with E-state index < -0.39 is 0 Å². The van der Waals surface area contributed by atoms with Crippen molar-refractivity contribution in [3.8, 4) is 5.75 Å². The van der Waals surface area contributed by atoms with E-state index in [1.165, 1.54) is 6.08 Å². The van der Waals surface area contributed by atoms with E-state index in [1.807, 2.05) is 6.92 Å². The van der Waals surface area contributed by atoms with Crippen molar-refractivity contribution < 1.29 is 14.6 Å². The Morgan fingerprint density at radius 1 is 1.62 bits per heavy atom. The van der Waals surface area contributed by atoms with Gasteiger partial charge in [0.2, 0.25) is 5.91 Å². The highest BCUT2D eigenvalue weighted by molar-refractivity contribution is 5.98. The van der Waals surface area contributed by atoms with Crippen LogP contribution in [0, 0.1) is 0 Å². The first-order valence-electron chi connectivity index (χ1n) is 5.01. The Hall–Kier alpha value is -1.81. The highest BCUT2D eigenvalue weighted by Gasteiger charge is 2.05. The second kappa shape index (κ2) is 5.92. The second-order valence-electron chi connectivity index (χ2n) is 3.11. The van der Waals surface area contributed by atoms with Gasteiger partial charge in [0, 0.05) is 11.3 Å². The fourth-order valence-corrected chi connectivity index (χ4v) is 1.27. The minimum Gasteiger partial charge on any atom is -0.494 e. The number of rotatable bonds is 5. The van der Waals surface area contributed by atoms with E-state index in [0.29, 0.717) is 23.6 Å². The fraction of sp³-hybridized carbons (Fsp3) is 0.250. The third-order valence-corrected chi connectivity index (χ3v) is 1.98. The minimum absolute atomic E-state index is 0.132. The van der Waals surface area contributed by atoms with Crippen molar-refractivity contribution in [2.75, 3.05) is 11.9 Å². The van der Waals surface area contributed by atoms with Gasteiger partial charge in [-0.3, -0.25) is 4.79 Å². The number of aliphatic hydroxyl groups is 1. The van der Waals surface area contributed by atoms with Crippen molar-refractivity contribution >= 4 is 11.6 Å². The van der Waals surface area contributed by atoms with Gasteiger partial charge in [0.05, 0.1) is 13.2 Å². The van der Waals surface area contributed by atoms with Crippen molar-refractivity contribution in [1.29, 1.82) is 0 Å². The summed E-state index contributed by atoms with van der Waals surface area (Å²) in [5.41, 5.74) is 1.25. The smallest absolute Gasteiger partial charge is 0.247 e. The number of benzene rings is 1. The molecule has 0 fully saturated rings. The first-order chi connectivity index (χ1) is 7.71. The van der Waals surface area contributed by atoms with E-state index in [9.17, 15) is 4.79 Å². The molecule has 0 spiro atoms. The Morgan fingerprint density at radius 2 is 2.38 bits per heavy atom. The third kappa shape index (κ3) is 3.10. The Kier molecular flexibility index (Phi) is 4.54. The number of carbonyl (C=O) groups is 1. The van der Waals surface area contributed by atoms with Crippen LogP contribution in [0.2, 0.25) is 0 Å². The molecule has 86 valence electrons. The van der Waals surface area contributed by atoms with Crippen LogP contribution in [0.1, 0.15) is 12.5 Å². The zero-order chi connectivity index (χ0) is 12.0. The van der Waals surface area contributed by atoms with E-state index in [1.54, 1.807) is 18.2 Å². The summed E-state index contributed by atoms with van der Waals surface area (Å²) in [5, 5.41) is 11.8. The first-order valence-corrected chi connectivity index (χ1v) is 5.01. The number of nitrogens with one attached hydrogen (secondary N) is 1. The topological polar surface area (TPSA) is 58.6 Å².